The fourth-order valence-corrected chi connectivity index (χ4v) is 2.43. The first-order valence-electron chi connectivity index (χ1n) is 5.25. The number of carbonyl (C=O) groups excluding carboxylic acids is 1. The summed E-state index contributed by atoms with van der Waals surface area (Å²) >= 11 is 10.9. The van der Waals surface area contributed by atoms with Crippen molar-refractivity contribution in [1.29, 1.82) is 0 Å². The lowest BCUT2D eigenvalue weighted by atomic mass is 10.3. The molecule has 0 aliphatic heterocycles. The van der Waals surface area contributed by atoms with E-state index in [1.165, 1.54) is 32.3 Å². The summed E-state index contributed by atoms with van der Waals surface area (Å²) in [6.45, 7) is 0. The number of ether oxygens (including phenoxy) is 1. The SMILES string of the molecule is CN(C)C(=O)NS(=O)(=O)c1ccccc1O/C(Cl)=C/Cl. The molecule has 1 aromatic rings. The second-order valence-electron chi connectivity index (χ2n) is 3.77. The number of nitrogens with one attached hydrogen (secondary N) is 1. The Labute approximate surface area is 127 Å². The van der Waals surface area contributed by atoms with Crippen molar-refractivity contribution >= 4 is 39.3 Å². The lowest BCUT2D eigenvalue weighted by molar-refractivity contribution is 0.223. The maximum Gasteiger partial charge on any atom is 0.330 e. The van der Waals surface area contributed by atoms with E-state index in [9.17, 15) is 13.2 Å². The average molecular weight is 339 g/mol. The number of benzene rings is 1. The Morgan fingerprint density at radius 1 is 1.35 bits per heavy atom. The van der Waals surface area contributed by atoms with E-state index in [0.29, 0.717) is 0 Å². The normalized spacial score (nSPS) is 11.9. The Bertz CT molecular complexity index is 629. The molecule has 0 radical (unpaired) electrons. The second kappa shape index (κ2) is 6.83. The molecular weight excluding hydrogens is 327 g/mol. The molecule has 20 heavy (non-hydrogen) atoms. The summed E-state index contributed by atoms with van der Waals surface area (Å²) in [6.07, 6.45) is 0. The average Bonchev–Trinajstić information content (AvgIpc) is 2.38. The van der Waals surface area contributed by atoms with Gasteiger partial charge in [-0.1, -0.05) is 23.7 Å². The van der Waals surface area contributed by atoms with E-state index < -0.39 is 16.1 Å². The molecule has 1 rings (SSSR count). The molecule has 0 aliphatic rings. The highest BCUT2D eigenvalue weighted by Crippen LogP contribution is 2.26. The van der Waals surface area contributed by atoms with E-state index in [1.54, 1.807) is 6.07 Å². The highest BCUT2D eigenvalue weighted by molar-refractivity contribution is 7.90. The number of rotatable bonds is 4. The summed E-state index contributed by atoms with van der Waals surface area (Å²) in [7, 11) is -1.25. The number of hydrogen-bond donors (Lipinski definition) is 1. The number of hydrogen-bond acceptors (Lipinski definition) is 4. The van der Waals surface area contributed by atoms with Gasteiger partial charge in [0.25, 0.3) is 10.0 Å². The van der Waals surface area contributed by atoms with Gasteiger partial charge in [-0.2, -0.15) is 0 Å². The van der Waals surface area contributed by atoms with Gasteiger partial charge in [0.05, 0.1) is 5.54 Å². The maximum atomic E-state index is 12.1. The van der Waals surface area contributed by atoms with Crippen molar-refractivity contribution in [3.63, 3.8) is 0 Å². The van der Waals surface area contributed by atoms with Crippen molar-refractivity contribution < 1.29 is 17.9 Å². The Kier molecular flexibility index (Phi) is 5.67. The molecule has 1 aromatic carbocycles. The largest absolute Gasteiger partial charge is 0.443 e. The van der Waals surface area contributed by atoms with Crippen LogP contribution < -0.4 is 9.46 Å². The molecule has 0 bridgehead atoms. The lowest BCUT2D eigenvalue weighted by Gasteiger charge is -2.14. The molecule has 6 nitrogen and oxygen atoms in total. The highest BCUT2D eigenvalue weighted by Gasteiger charge is 2.23. The van der Waals surface area contributed by atoms with E-state index in [4.69, 9.17) is 27.9 Å². The molecular formula is C11H12Cl2N2O4S. The smallest absolute Gasteiger partial charge is 0.330 e. The van der Waals surface area contributed by atoms with Crippen molar-refractivity contribution in [2.24, 2.45) is 0 Å². The fraction of sp³-hybridized carbons (Fsp3) is 0.182. The van der Waals surface area contributed by atoms with Gasteiger partial charge in [0, 0.05) is 14.1 Å². The number of para-hydroxylation sites is 1. The van der Waals surface area contributed by atoms with Crippen molar-refractivity contribution in [2.75, 3.05) is 14.1 Å². The summed E-state index contributed by atoms with van der Waals surface area (Å²) in [5.74, 6) is -0.0477. The van der Waals surface area contributed by atoms with Gasteiger partial charge in [-0.25, -0.2) is 17.9 Å². The molecule has 1 N–H and O–H groups in total. The van der Waals surface area contributed by atoms with Crippen LogP contribution in [0.15, 0.2) is 39.9 Å². The first-order valence-corrected chi connectivity index (χ1v) is 7.54. The maximum absolute atomic E-state index is 12.1. The summed E-state index contributed by atoms with van der Waals surface area (Å²) < 4.78 is 31.2. The molecule has 0 saturated carbocycles. The number of carbonyl (C=O) groups is 1. The Morgan fingerprint density at radius 2 is 1.95 bits per heavy atom. The van der Waals surface area contributed by atoms with Crippen molar-refractivity contribution in [2.45, 2.75) is 4.90 Å². The molecule has 0 unspecified atom stereocenters. The number of halogens is 2. The van der Waals surface area contributed by atoms with Crippen molar-refractivity contribution in [3.05, 3.63) is 35.0 Å². The third kappa shape index (κ3) is 4.29. The number of nitrogens with zero attached hydrogens (tertiary/aromatic N) is 1. The molecule has 0 aromatic heterocycles. The third-order valence-electron chi connectivity index (χ3n) is 2.06. The minimum absolute atomic E-state index is 0.0477. The van der Waals surface area contributed by atoms with Crippen LogP contribution in [0.3, 0.4) is 0 Å². The molecule has 2 amide bonds. The van der Waals surface area contributed by atoms with Crippen LogP contribution in [0.4, 0.5) is 4.79 Å². The van der Waals surface area contributed by atoms with Crippen LogP contribution in [0.2, 0.25) is 0 Å². The Hall–Kier alpha value is -1.44. The van der Waals surface area contributed by atoms with Crippen LogP contribution in [0.25, 0.3) is 0 Å². The fourth-order valence-electron chi connectivity index (χ4n) is 1.15. The minimum atomic E-state index is -4.08. The molecule has 0 fully saturated rings. The van der Waals surface area contributed by atoms with E-state index in [-0.39, 0.29) is 15.9 Å². The quantitative estimate of drug-likeness (QED) is 0.854. The predicted molar refractivity (Wildman–Crippen MR) is 76.3 cm³/mol. The van der Waals surface area contributed by atoms with Crippen molar-refractivity contribution in [3.8, 4) is 5.75 Å². The molecule has 0 aliphatic carbocycles. The molecule has 0 spiro atoms. The summed E-state index contributed by atoms with van der Waals surface area (Å²) in [5.41, 5.74) is 0.948. The predicted octanol–water partition coefficient (Wildman–Crippen LogP) is 2.30. The first-order chi connectivity index (χ1) is 9.27. The number of urea groups is 1. The van der Waals surface area contributed by atoms with Crippen LogP contribution in [0.1, 0.15) is 0 Å². The monoisotopic (exact) mass is 338 g/mol. The van der Waals surface area contributed by atoms with E-state index in [1.807, 2.05) is 4.72 Å². The molecule has 110 valence electrons. The first kappa shape index (κ1) is 16.6. The van der Waals surface area contributed by atoms with Crippen molar-refractivity contribution in [1.82, 2.24) is 9.62 Å². The lowest BCUT2D eigenvalue weighted by Crippen LogP contribution is -2.38. The minimum Gasteiger partial charge on any atom is -0.443 e. The second-order valence-corrected chi connectivity index (χ2v) is 6.01. The zero-order valence-electron chi connectivity index (χ0n) is 10.6. The molecule has 9 heteroatoms. The van der Waals surface area contributed by atoms with Gasteiger partial charge in [-0.15, -0.1) is 0 Å². The van der Waals surface area contributed by atoms with Gasteiger partial charge < -0.3 is 9.64 Å². The number of sulfonamides is 1. The van der Waals surface area contributed by atoms with Crippen LogP contribution in [-0.2, 0) is 10.0 Å². The summed E-state index contributed by atoms with van der Waals surface area (Å²) in [6, 6.07) is 4.93. The highest BCUT2D eigenvalue weighted by atomic mass is 35.5. The van der Waals surface area contributed by atoms with Gasteiger partial charge in [-0.3, -0.25) is 0 Å². The van der Waals surface area contributed by atoms with E-state index in [2.05, 4.69) is 0 Å². The zero-order valence-corrected chi connectivity index (χ0v) is 13.0. The van der Waals surface area contributed by atoms with Gasteiger partial charge in [-0.05, 0) is 23.7 Å². The third-order valence-corrected chi connectivity index (χ3v) is 3.92. The van der Waals surface area contributed by atoms with Crippen LogP contribution in [0.5, 0.6) is 5.75 Å². The molecule has 0 atom stereocenters. The molecule has 0 saturated heterocycles. The van der Waals surface area contributed by atoms with Gasteiger partial charge in [0.15, 0.2) is 0 Å². The van der Waals surface area contributed by atoms with Crippen LogP contribution in [-0.4, -0.2) is 33.4 Å². The molecule has 0 heterocycles. The van der Waals surface area contributed by atoms with Gasteiger partial charge in [0.1, 0.15) is 10.6 Å². The standard InChI is InChI=1S/C11H12Cl2N2O4S/c1-15(2)11(16)14-20(17,18)9-6-4-3-5-8(9)19-10(13)7-12/h3-7H,1-2H3,(H,14,16)/b10-7+. The van der Waals surface area contributed by atoms with Crippen LogP contribution >= 0.6 is 23.2 Å². The van der Waals surface area contributed by atoms with E-state index in [0.717, 1.165) is 10.4 Å². The summed E-state index contributed by atoms with van der Waals surface area (Å²) in [4.78, 5) is 12.3. The number of amides is 2. The Morgan fingerprint density at radius 3 is 2.50 bits per heavy atom. The van der Waals surface area contributed by atoms with Gasteiger partial charge >= 0.3 is 6.03 Å². The van der Waals surface area contributed by atoms with Gasteiger partial charge in [0.2, 0.25) is 5.22 Å². The zero-order chi connectivity index (χ0) is 15.3. The summed E-state index contributed by atoms with van der Waals surface area (Å²) in [5, 5.41) is -0.201. The van der Waals surface area contributed by atoms with Crippen LogP contribution in [0, 0.1) is 0 Å². The Balaban J connectivity index is 3.15. The topological polar surface area (TPSA) is 75.7 Å². The van der Waals surface area contributed by atoms with E-state index >= 15 is 0 Å².